The Kier molecular flexibility index (Phi) is 4.75. The van der Waals surface area contributed by atoms with Crippen molar-refractivity contribution in [2.45, 2.75) is 41.0 Å². The summed E-state index contributed by atoms with van der Waals surface area (Å²) in [7, 11) is 2.03. The van der Waals surface area contributed by atoms with E-state index in [0.29, 0.717) is 5.92 Å². The smallest absolute Gasteiger partial charge is 0.0596 e. The van der Waals surface area contributed by atoms with Gasteiger partial charge in [-0.1, -0.05) is 27.7 Å². The van der Waals surface area contributed by atoms with Crippen LogP contribution in [0.3, 0.4) is 0 Å². The van der Waals surface area contributed by atoms with Gasteiger partial charge in [-0.15, -0.1) is 0 Å². The summed E-state index contributed by atoms with van der Waals surface area (Å²) in [5, 5.41) is 7.94. The van der Waals surface area contributed by atoms with Crippen molar-refractivity contribution >= 4 is 0 Å². The van der Waals surface area contributed by atoms with Crippen LogP contribution in [0.25, 0.3) is 0 Å². The normalized spacial score (nSPS) is 12.4. The van der Waals surface area contributed by atoms with Crippen molar-refractivity contribution in [3.63, 3.8) is 0 Å². The Morgan fingerprint density at radius 3 is 2.53 bits per heavy atom. The maximum atomic E-state index is 4.40. The standard InChI is InChI=1S/C14H27N3/c1-11(2)9-15-10-14(4,5)8-13-7-12(3)16-17(13)6/h7,11,15H,8-10H2,1-6H3. The summed E-state index contributed by atoms with van der Waals surface area (Å²) in [5.74, 6) is 0.713. The lowest BCUT2D eigenvalue weighted by Gasteiger charge is -2.25. The van der Waals surface area contributed by atoms with E-state index < -0.39 is 0 Å². The molecule has 0 aliphatic carbocycles. The van der Waals surface area contributed by atoms with Gasteiger partial charge in [-0.3, -0.25) is 4.68 Å². The van der Waals surface area contributed by atoms with E-state index >= 15 is 0 Å². The zero-order chi connectivity index (χ0) is 13.1. The topological polar surface area (TPSA) is 29.9 Å². The summed E-state index contributed by atoms with van der Waals surface area (Å²) >= 11 is 0. The van der Waals surface area contributed by atoms with Crippen LogP contribution < -0.4 is 5.32 Å². The molecule has 0 amide bonds. The van der Waals surface area contributed by atoms with Crippen LogP contribution in [0, 0.1) is 18.3 Å². The van der Waals surface area contributed by atoms with E-state index in [9.17, 15) is 0 Å². The number of aromatic nitrogens is 2. The van der Waals surface area contributed by atoms with Gasteiger partial charge in [0.15, 0.2) is 0 Å². The third-order valence-electron chi connectivity index (χ3n) is 2.91. The highest BCUT2D eigenvalue weighted by atomic mass is 15.3. The molecule has 1 aromatic heterocycles. The lowest BCUT2D eigenvalue weighted by Crippen LogP contribution is -2.33. The van der Waals surface area contributed by atoms with Gasteiger partial charge in [-0.25, -0.2) is 0 Å². The molecule has 0 atom stereocenters. The van der Waals surface area contributed by atoms with Crippen molar-refractivity contribution < 1.29 is 0 Å². The van der Waals surface area contributed by atoms with E-state index in [4.69, 9.17) is 0 Å². The van der Waals surface area contributed by atoms with Crippen LogP contribution in [-0.2, 0) is 13.5 Å². The summed E-state index contributed by atoms with van der Waals surface area (Å²) in [5.41, 5.74) is 2.70. The van der Waals surface area contributed by atoms with Crippen molar-refractivity contribution in [2.75, 3.05) is 13.1 Å². The molecule has 0 saturated carbocycles. The van der Waals surface area contributed by atoms with Gasteiger partial charge in [0.25, 0.3) is 0 Å². The zero-order valence-electron chi connectivity index (χ0n) is 12.2. The molecule has 1 heterocycles. The molecule has 0 saturated heterocycles. The van der Waals surface area contributed by atoms with Crippen LogP contribution in [-0.4, -0.2) is 22.9 Å². The molecule has 3 heteroatoms. The van der Waals surface area contributed by atoms with E-state index in [1.54, 1.807) is 0 Å². The molecule has 1 rings (SSSR count). The molecule has 0 bridgehead atoms. The summed E-state index contributed by atoms with van der Waals surface area (Å²) < 4.78 is 2.00. The van der Waals surface area contributed by atoms with Crippen LogP contribution in [0.5, 0.6) is 0 Å². The van der Waals surface area contributed by atoms with E-state index in [2.05, 4.69) is 44.2 Å². The summed E-state index contributed by atoms with van der Waals surface area (Å²) in [6, 6.07) is 2.18. The second-order valence-electron chi connectivity index (χ2n) is 6.27. The lowest BCUT2D eigenvalue weighted by atomic mass is 9.87. The van der Waals surface area contributed by atoms with Crippen molar-refractivity contribution in [2.24, 2.45) is 18.4 Å². The molecular formula is C14H27N3. The van der Waals surface area contributed by atoms with Gasteiger partial charge in [0.1, 0.15) is 0 Å². The fraction of sp³-hybridized carbons (Fsp3) is 0.786. The molecule has 0 spiro atoms. The highest BCUT2D eigenvalue weighted by Gasteiger charge is 2.20. The quantitative estimate of drug-likeness (QED) is 0.824. The Balaban J connectivity index is 2.51. The van der Waals surface area contributed by atoms with E-state index in [1.807, 2.05) is 18.7 Å². The second-order valence-corrected chi connectivity index (χ2v) is 6.27. The zero-order valence-corrected chi connectivity index (χ0v) is 12.2. The van der Waals surface area contributed by atoms with Gasteiger partial charge in [0, 0.05) is 19.3 Å². The van der Waals surface area contributed by atoms with Crippen molar-refractivity contribution in [1.82, 2.24) is 15.1 Å². The maximum Gasteiger partial charge on any atom is 0.0596 e. The van der Waals surface area contributed by atoms with Crippen LogP contribution in [0.15, 0.2) is 6.07 Å². The number of nitrogens with zero attached hydrogens (tertiary/aromatic N) is 2. The van der Waals surface area contributed by atoms with Gasteiger partial charge >= 0.3 is 0 Å². The molecule has 0 unspecified atom stereocenters. The first-order valence-electron chi connectivity index (χ1n) is 6.50. The average Bonchev–Trinajstić information content (AvgIpc) is 2.42. The Morgan fingerprint density at radius 2 is 2.06 bits per heavy atom. The van der Waals surface area contributed by atoms with Gasteiger partial charge in [-0.2, -0.15) is 5.10 Å². The van der Waals surface area contributed by atoms with Crippen LogP contribution >= 0.6 is 0 Å². The molecule has 1 N–H and O–H groups in total. The Bertz CT molecular complexity index is 350. The molecular weight excluding hydrogens is 210 g/mol. The fourth-order valence-corrected chi connectivity index (χ4v) is 2.08. The van der Waals surface area contributed by atoms with Crippen LogP contribution in [0.1, 0.15) is 39.1 Å². The monoisotopic (exact) mass is 237 g/mol. The minimum Gasteiger partial charge on any atom is -0.316 e. The molecule has 0 fully saturated rings. The van der Waals surface area contributed by atoms with Crippen molar-refractivity contribution in [3.05, 3.63) is 17.5 Å². The maximum absolute atomic E-state index is 4.40. The molecule has 3 nitrogen and oxygen atoms in total. The minimum absolute atomic E-state index is 0.273. The first-order chi connectivity index (χ1) is 7.80. The molecule has 17 heavy (non-hydrogen) atoms. The predicted molar refractivity (Wildman–Crippen MR) is 73.1 cm³/mol. The molecule has 0 radical (unpaired) electrons. The van der Waals surface area contributed by atoms with Crippen molar-refractivity contribution in [3.8, 4) is 0 Å². The number of hydrogen-bond donors (Lipinski definition) is 1. The minimum atomic E-state index is 0.273. The molecule has 0 aliphatic rings. The Labute approximate surface area is 106 Å². The Hall–Kier alpha value is -0.830. The highest BCUT2D eigenvalue weighted by molar-refractivity contribution is 5.10. The lowest BCUT2D eigenvalue weighted by molar-refractivity contribution is 0.323. The largest absolute Gasteiger partial charge is 0.316 e. The fourth-order valence-electron chi connectivity index (χ4n) is 2.08. The molecule has 0 aromatic carbocycles. The van der Waals surface area contributed by atoms with Gasteiger partial charge in [0.05, 0.1) is 5.69 Å². The number of hydrogen-bond acceptors (Lipinski definition) is 2. The van der Waals surface area contributed by atoms with E-state index in [1.165, 1.54) is 5.69 Å². The third-order valence-corrected chi connectivity index (χ3v) is 2.91. The summed E-state index contributed by atoms with van der Waals surface area (Å²) in [6.45, 7) is 13.3. The first kappa shape index (κ1) is 14.2. The highest BCUT2D eigenvalue weighted by Crippen LogP contribution is 2.21. The van der Waals surface area contributed by atoms with Gasteiger partial charge in [-0.05, 0) is 37.3 Å². The molecule has 1 aromatic rings. The number of aryl methyl sites for hydroxylation is 2. The molecule has 98 valence electrons. The van der Waals surface area contributed by atoms with Crippen LogP contribution in [0.2, 0.25) is 0 Å². The average molecular weight is 237 g/mol. The Morgan fingerprint density at radius 1 is 1.41 bits per heavy atom. The number of nitrogens with one attached hydrogen (secondary N) is 1. The first-order valence-corrected chi connectivity index (χ1v) is 6.50. The predicted octanol–water partition coefficient (Wildman–Crippen LogP) is 2.54. The van der Waals surface area contributed by atoms with Crippen LogP contribution in [0.4, 0.5) is 0 Å². The third kappa shape index (κ3) is 4.90. The van der Waals surface area contributed by atoms with Gasteiger partial charge < -0.3 is 5.32 Å². The van der Waals surface area contributed by atoms with E-state index in [0.717, 1.165) is 25.2 Å². The SMILES string of the molecule is Cc1cc(CC(C)(C)CNCC(C)C)n(C)n1. The number of rotatable bonds is 6. The summed E-state index contributed by atoms with van der Waals surface area (Å²) in [4.78, 5) is 0. The molecule has 0 aliphatic heterocycles. The van der Waals surface area contributed by atoms with Crippen molar-refractivity contribution in [1.29, 1.82) is 0 Å². The van der Waals surface area contributed by atoms with E-state index in [-0.39, 0.29) is 5.41 Å². The summed E-state index contributed by atoms with van der Waals surface area (Å²) in [6.07, 6.45) is 1.06. The second kappa shape index (κ2) is 5.67. The van der Waals surface area contributed by atoms with Gasteiger partial charge in [0.2, 0.25) is 0 Å².